The average Bonchev–Trinajstić information content (AvgIpc) is 1.67. The number of carbonyl (C=O) groups excluding carboxylic acids is 15. The lowest BCUT2D eigenvalue weighted by Gasteiger charge is -2.30. The largest absolute Gasteiger partial charge is 0.481 e. The van der Waals surface area contributed by atoms with E-state index in [1.54, 1.807) is 70.3 Å². The van der Waals surface area contributed by atoms with Gasteiger partial charge in [0.1, 0.15) is 84.6 Å². The fraction of sp³-hybridized carbons (Fsp3) is 0.659. The maximum Gasteiger partial charge on any atom is 0.326 e. The van der Waals surface area contributed by atoms with E-state index in [1.165, 1.54) is 18.7 Å². The number of rotatable bonds is 56. The normalized spacial score (nSPS) is 16.1. The summed E-state index contributed by atoms with van der Waals surface area (Å²) >= 11 is 0. The van der Waals surface area contributed by atoms with E-state index in [-0.39, 0.29) is 138 Å². The Bertz CT molecular complexity index is 4210. The SMILES string of the molecule is CC(C)C[C@H](NC(=O)CNC(=O)[C@H](Cc1c[nH]c2ccccc12)NC(=O)[C@@H]1CCCN1C(=O)[C@H](C)NC(=O)[C@@H](N)CCC(=O)O)C(=O)N[C@@H](CC(C)C)C(=O)N[C@@H](CCCCN)C(=O)N[C@@H](CC(C)C)C(=O)N[C@@H](CC(C)C)C(=O)N[C@@H](CC(C)C)C(=O)N[C@@H](CC(C)C)C(=O)N[C@@H](CC(C)C)C(=O)N[C@@H](C)C(=O)N[C@H](C(=O)N[C@@H](Cc1ccccc1)C(=O)O)C(C)C. The summed E-state index contributed by atoms with van der Waals surface area (Å²) < 4.78 is 0. The van der Waals surface area contributed by atoms with E-state index < -0.39 is 204 Å². The van der Waals surface area contributed by atoms with Crippen molar-refractivity contribution in [2.24, 2.45) is 58.8 Å². The van der Waals surface area contributed by atoms with Crippen molar-refractivity contribution in [3.8, 4) is 0 Å². The number of carboxylic acid groups (broad SMARTS) is 2. The molecule has 3 aromatic rings. The molecule has 37 heteroatoms. The van der Waals surface area contributed by atoms with E-state index in [0.29, 0.717) is 30.4 Å². The molecule has 2 aromatic carbocycles. The topological polar surface area (TPSA) is 570 Å². The molecule has 0 unspecified atom stereocenters. The number of hydrogen-bond donors (Lipinski definition) is 19. The molecule has 1 saturated heterocycles. The first-order chi connectivity index (χ1) is 60.1. The summed E-state index contributed by atoms with van der Waals surface area (Å²) in [7, 11) is 0. The van der Waals surface area contributed by atoms with Crippen LogP contribution >= 0.6 is 0 Å². The number of unbranched alkanes of at least 4 members (excludes halogenated alkanes) is 1. The van der Waals surface area contributed by atoms with E-state index in [1.807, 2.05) is 101 Å². The highest BCUT2D eigenvalue weighted by atomic mass is 16.4. The predicted molar refractivity (Wildman–Crippen MR) is 483 cm³/mol. The average molecular weight is 1800 g/mol. The van der Waals surface area contributed by atoms with Gasteiger partial charge in [-0.05, 0) is 168 Å². The number of aromatic nitrogens is 1. The van der Waals surface area contributed by atoms with Gasteiger partial charge in [-0.15, -0.1) is 0 Å². The smallest absolute Gasteiger partial charge is 0.326 e. The van der Waals surface area contributed by atoms with Gasteiger partial charge in [0.15, 0.2) is 0 Å². The van der Waals surface area contributed by atoms with Gasteiger partial charge in [-0.1, -0.05) is 159 Å². The Morgan fingerprint density at radius 3 is 1.25 bits per heavy atom. The van der Waals surface area contributed by atoms with E-state index >= 15 is 0 Å². The number of amides is 15. The van der Waals surface area contributed by atoms with Crippen LogP contribution in [0.15, 0.2) is 60.8 Å². The number of para-hydroxylation sites is 1. The van der Waals surface area contributed by atoms with Crippen molar-refractivity contribution in [2.45, 2.75) is 318 Å². The summed E-state index contributed by atoms with van der Waals surface area (Å²) in [4.78, 5) is 242. The van der Waals surface area contributed by atoms with Crippen LogP contribution in [0.3, 0.4) is 0 Å². The number of H-pyrrole nitrogens is 1. The van der Waals surface area contributed by atoms with Crippen LogP contribution in [0.1, 0.15) is 226 Å². The quantitative estimate of drug-likeness (QED) is 0.0361. The molecule has 2 heterocycles. The van der Waals surface area contributed by atoms with E-state index in [2.05, 4.69) is 79.4 Å². The minimum absolute atomic E-state index is 0.0226. The minimum Gasteiger partial charge on any atom is -0.481 e. The number of aromatic amines is 1. The van der Waals surface area contributed by atoms with Crippen LogP contribution in [0, 0.1) is 47.3 Å². The third-order valence-electron chi connectivity index (χ3n) is 21.6. The second-order valence-electron chi connectivity index (χ2n) is 37.1. The molecule has 0 bridgehead atoms. The van der Waals surface area contributed by atoms with Gasteiger partial charge in [-0.2, -0.15) is 0 Å². The van der Waals surface area contributed by atoms with Crippen LogP contribution < -0.4 is 85.9 Å². The Hall–Kier alpha value is -11.1. The molecule has 1 aliphatic heterocycles. The number of likely N-dealkylation sites (tertiary alicyclic amines) is 1. The van der Waals surface area contributed by atoms with Crippen molar-refractivity contribution in [3.05, 3.63) is 71.9 Å². The number of nitrogens with zero attached hydrogens (tertiary/aromatic N) is 1. The van der Waals surface area contributed by atoms with Crippen molar-refractivity contribution < 1.29 is 91.7 Å². The number of carbonyl (C=O) groups is 17. The first kappa shape index (κ1) is 109. The van der Waals surface area contributed by atoms with Crippen LogP contribution in [-0.2, 0) is 94.3 Å². The van der Waals surface area contributed by atoms with Gasteiger partial charge in [0.2, 0.25) is 88.6 Å². The van der Waals surface area contributed by atoms with Crippen LogP contribution in [-0.4, -0.2) is 231 Å². The number of nitrogens with one attached hydrogen (secondary N) is 15. The number of hydrogen-bond acceptors (Lipinski definition) is 19. The van der Waals surface area contributed by atoms with Crippen molar-refractivity contribution in [2.75, 3.05) is 19.6 Å². The number of benzene rings is 2. The van der Waals surface area contributed by atoms with Gasteiger partial charge >= 0.3 is 11.9 Å². The summed E-state index contributed by atoms with van der Waals surface area (Å²) in [5, 5.41) is 57.8. The van der Waals surface area contributed by atoms with E-state index in [0.717, 1.165) is 10.9 Å². The lowest BCUT2D eigenvalue weighted by Crippen LogP contribution is -2.61. The highest BCUT2D eigenvalue weighted by molar-refractivity contribution is 6.01. The number of fused-ring (bicyclic) bond motifs is 1. The van der Waals surface area contributed by atoms with Crippen molar-refractivity contribution >= 4 is 111 Å². The Morgan fingerprint density at radius 2 is 0.820 bits per heavy atom. The maximum atomic E-state index is 14.8. The van der Waals surface area contributed by atoms with Crippen LogP contribution in [0.25, 0.3) is 10.9 Å². The molecule has 128 heavy (non-hydrogen) atoms. The summed E-state index contributed by atoms with van der Waals surface area (Å²) in [6.45, 7) is 31.2. The summed E-state index contributed by atoms with van der Waals surface area (Å²) in [5.74, 6) is -15.8. The number of aliphatic carboxylic acids is 2. The van der Waals surface area contributed by atoms with Crippen LogP contribution in [0.2, 0.25) is 0 Å². The second-order valence-corrected chi connectivity index (χ2v) is 37.1. The standard InChI is InChI=1S/C91H146N18O19/c1-48(2)37-64(98-74(110)47-95-79(115)71(45-59-46-94-62-30-23-22-29-60(59)62)106-88(124)73-32-26-36-109(73)90(126)57(18)97-78(114)61(93)33-34-75(111)112)82(118)102-66(39-50(5)6)83(119)99-63(31-24-25-35-92)80(116)100-67(40-51(7)8)84(120)103-69(42-53(11)12)86(122)105-70(43-54(13)14)87(123)104-68(41-52(9)10)85(121)101-65(38-49(3)4)81(117)96-56(17)77(113)108-76(55(15)16)89(125)107-72(91(127)128)44-58-27-20-19-21-28-58/h19-23,27-30,46,48-57,61,63-73,76,94H,24-26,31-45,47,92-93H2,1-18H3,(H,95,115)(H,96,117)(H,97,114)(H,98,110)(H,99,119)(H,100,116)(H,101,121)(H,102,118)(H,103,120)(H,104,123)(H,105,122)(H,106,124)(H,107,125)(H,108,113)(H,111,112)(H,127,128)/t56-,57-,61-,63-,64-,65-,66-,67-,68-,69-,70-,71-,72-,73-,76-/m0/s1. The molecule has 1 aromatic heterocycles. The predicted octanol–water partition coefficient (Wildman–Crippen LogP) is 2.79. The lowest BCUT2D eigenvalue weighted by molar-refractivity contribution is -0.142. The molecule has 1 aliphatic rings. The zero-order valence-electron chi connectivity index (χ0n) is 77.9. The van der Waals surface area contributed by atoms with Gasteiger partial charge < -0.3 is 106 Å². The molecular weight excluding hydrogens is 1650 g/mol. The summed E-state index contributed by atoms with van der Waals surface area (Å²) in [6.07, 6.45) is 2.80. The molecule has 1 fully saturated rings. The molecule has 15 atom stereocenters. The fourth-order valence-electron chi connectivity index (χ4n) is 15.0. The Kier molecular flexibility index (Phi) is 46.3. The molecule has 714 valence electrons. The first-order valence-corrected chi connectivity index (χ1v) is 45.1. The fourth-order valence-corrected chi connectivity index (χ4v) is 15.0. The van der Waals surface area contributed by atoms with Crippen LogP contribution in [0.4, 0.5) is 0 Å². The Labute approximate surface area is 752 Å². The van der Waals surface area contributed by atoms with E-state index in [9.17, 15) is 86.6 Å². The minimum atomic E-state index is -1.33. The van der Waals surface area contributed by atoms with Crippen molar-refractivity contribution in [3.63, 3.8) is 0 Å². The lowest BCUT2D eigenvalue weighted by atomic mass is 9.97. The molecule has 37 nitrogen and oxygen atoms in total. The van der Waals surface area contributed by atoms with Gasteiger partial charge in [0.05, 0.1) is 12.6 Å². The molecule has 0 spiro atoms. The Balaban J connectivity index is 1.52. The first-order valence-electron chi connectivity index (χ1n) is 45.1. The van der Waals surface area contributed by atoms with E-state index in [4.69, 9.17) is 16.6 Å². The van der Waals surface area contributed by atoms with Crippen molar-refractivity contribution in [1.82, 2.24) is 84.3 Å². The number of nitrogens with two attached hydrogens (primary N) is 2. The molecule has 4 rings (SSSR count). The summed E-state index contributed by atoms with van der Waals surface area (Å²) in [5.41, 5.74) is 13.8. The molecular formula is C91H146N18O19. The maximum absolute atomic E-state index is 14.8. The second kappa shape index (κ2) is 54.3. The third kappa shape index (κ3) is 38.1. The zero-order chi connectivity index (χ0) is 96.1. The molecule has 0 aliphatic carbocycles. The highest BCUT2D eigenvalue weighted by Gasteiger charge is 2.42. The van der Waals surface area contributed by atoms with Crippen LogP contribution in [0.5, 0.6) is 0 Å². The van der Waals surface area contributed by atoms with Gasteiger partial charge in [-0.25, -0.2) is 4.79 Å². The molecule has 0 saturated carbocycles. The molecule has 0 radical (unpaired) electrons. The molecule has 15 amide bonds. The summed E-state index contributed by atoms with van der Waals surface area (Å²) in [6, 6.07) is -2.95. The van der Waals surface area contributed by atoms with Gasteiger partial charge in [0, 0.05) is 42.9 Å². The monoisotopic (exact) mass is 1800 g/mol. The van der Waals surface area contributed by atoms with Gasteiger partial charge in [0.25, 0.3) is 0 Å². The highest BCUT2D eigenvalue weighted by Crippen LogP contribution is 2.24. The number of carboxylic acids is 2. The zero-order valence-corrected chi connectivity index (χ0v) is 77.9. The Morgan fingerprint density at radius 1 is 0.414 bits per heavy atom. The van der Waals surface area contributed by atoms with Crippen molar-refractivity contribution in [1.29, 1.82) is 0 Å². The molecule has 21 N–H and O–H groups in total. The van der Waals surface area contributed by atoms with Gasteiger partial charge in [-0.3, -0.25) is 76.7 Å². The third-order valence-corrected chi connectivity index (χ3v) is 21.6.